The van der Waals surface area contributed by atoms with Gasteiger partial charge in [-0.05, 0) is 50.8 Å². The van der Waals surface area contributed by atoms with Crippen LogP contribution in [-0.2, 0) is 0 Å². The van der Waals surface area contributed by atoms with Crippen LogP contribution in [0, 0.1) is 0 Å². The number of rotatable bonds is 6. The molecule has 0 radical (unpaired) electrons. The second-order valence-electron chi connectivity index (χ2n) is 6.77. The number of hydrogen-bond acceptors (Lipinski definition) is 4. The Balaban J connectivity index is 2.35. The number of benzene rings is 1. The van der Waals surface area contributed by atoms with E-state index in [0.29, 0.717) is 43.6 Å². The Morgan fingerprint density at radius 1 is 1.22 bits per heavy atom. The summed E-state index contributed by atoms with van der Waals surface area (Å²) in [5, 5.41) is 31.0. The molecule has 1 aliphatic rings. The van der Waals surface area contributed by atoms with Crippen molar-refractivity contribution in [2.45, 2.75) is 45.6 Å². The number of aromatic carboxylic acids is 1. The first kappa shape index (κ1) is 20.8. The molecular formula is C22H29NO4. The third-order valence-electron chi connectivity index (χ3n) is 5.06. The number of aliphatic hydroxyl groups excluding tert-OH is 1. The fourth-order valence-corrected chi connectivity index (χ4v) is 3.65. The summed E-state index contributed by atoms with van der Waals surface area (Å²) in [6.07, 6.45) is 9.00. The fraction of sp³-hybridized carbons (Fsp3) is 0.409. The highest BCUT2D eigenvalue weighted by atomic mass is 16.4. The largest absolute Gasteiger partial charge is 0.508 e. The van der Waals surface area contributed by atoms with E-state index in [2.05, 4.69) is 0 Å². The van der Waals surface area contributed by atoms with Crippen LogP contribution in [0.25, 0.3) is 5.76 Å². The van der Waals surface area contributed by atoms with Gasteiger partial charge < -0.3 is 20.2 Å². The van der Waals surface area contributed by atoms with Crippen molar-refractivity contribution in [2.75, 3.05) is 18.0 Å². The van der Waals surface area contributed by atoms with Crippen molar-refractivity contribution in [3.8, 4) is 0 Å². The van der Waals surface area contributed by atoms with Gasteiger partial charge in [-0.25, -0.2) is 4.79 Å². The number of carboxylic acid groups (broad SMARTS) is 1. The van der Waals surface area contributed by atoms with Gasteiger partial charge in [0.05, 0.1) is 16.9 Å². The molecule has 0 amide bonds. The molecule has 3 N–H and O–H groups in total. The summed E-state index contributed by atoms with van der Waals surface area (Å²) in [6, 6.07) is 5.15. The molecule has 146 valence electrons. The number of carboxylic acids is 1. The van der Waals surface area contributed by atoms with E-state index in [1.165, 1.54) is 0 Å². The van der Waals surface area contributed by atoms with Gasteiger partial charge in [0, 0.05) is 18.7 Å². The minimum atomic E-state index is -1.07. The Kier molecular flexibility index (Phi) is 6.86. The van der Waals surface area contributed by atoms with E-state index in [9.17, 15) is 20.1 Å². The van der Waals surface area contributed by atoms with E-state index in [4.69, 9.17) is 0 Å². The maximum atomic E-state index is 11.9. The maximum Gasteiger partial charge on any atom is 0.338 e. The van der Waals surface area contributed by atoms with Crippen molar-refractivity contribution in [3.05, 3.63) is 59.2 Å². The highest BCUT2D eigenvalue weighted by Gasteiger charge is 2.35. The summed E-state index contributed by atoms with van der Waals surface area (Å²) in [4.78, 5) is 13.9. The number of anilines is 1. The van der Waals surface area contributed by atoms with Gasteiger partial charge in [0.1, 0.15) is 5.76 Å². The first-order chi connectivity index (χ1) is 12.9. The Morgan fingerprint density at radius 3 is 2.41 bits per heavy atom. The van der Waals surface area contributed by atoms with Gasteiger partial charge in [-0.2, -0.15) is 0 Å². The zero-order valence-electron chi connectivity index (χ0n) is 16.3. The molecule has 1 aliphatic heterocycles. The first-order valence-corrected chi connectivity index (χ1v) is 9.40. The summed E-state index contributed by atoms with van der Waals surface area (Å²) in [7, 11) is 0. The smallest absolute Gasteiger partial charge is 0.338 e. The molecular weight excluding hydrogens is 342 g/mol. The SMILES string of the molecule is C/C=C\C(=C/C)C1(O)CCN(c2cccc(/C(O)=C\CC)c2C(=O)O)CC1. The lowest BCUT2D eigenvalue weighted by Gasteiger charge is -2.40. The van der Waals surface area contributed by atoms with Crippen LogP contribution in [0.1, 0.15) is 56.0 Å². The van der Waals surface area contributed by atoms with E-state index >= 15 is 0 Å². The van der Waals surface area contributed by atoms with Crippen molar-refractivity contribution < 1.29 is 20.1 Å². The summed E-state index contributed by atoms with van der Waals surface area (Å²) < 4.78 is 0. The molecule has 27 heavy (non-hydrogen) atoms. The Morgan fingerprint density at radius 2 is 1.89 bits per heavy atom. The molecule has 5 nitrogen and oxygen atoms in total. The molecule has 0 unspecified atom stereocenters. The average molecular weight is 371 g/mol. The molecule has 0 aromatic heterocycles. The van der Waals surface area contributed by atoms with Gasteiger partial charge in [0.2, 0.25) is 0 Å². The predicted molar refractivity (Wildman–Crippen MR) is 109 cm³/mol. The van der Waals surface area contributed by atoms with Crippen LogP contribution < -0.4 is 4.90 Å². The van der Waals surface area contributed by atoms with Crippen LogP contribution >= 0.6 is 0 Å². The average Bonchev–Trinajstić information content (AvgIpc) is 2.66. The summed E-state index contributed by atoms with van der Waals surface area (Å²) in [5.74, 6) is -1.09. The number of aliphatic hydroxyl groups is 2. The van der Waals surface area contributed by atoms with Crippen molar-refractivity contribution in [2.24, 2.45) is 0 Å². The van der Waals surface area contributed by atoms with Crippen LogP contribution in [0.4, 0.5) is 5.69 Å². The third kappa shape index (κ3) is 4.42. The highest BCUT2D eigenvalue weighted by Crippen LogP contribution is 2.35. The van der Waals surface area contributed by atoms with Crippen LogP contribution in [-0.4, -0.2) is 40.0 Å². The lowest BCUT2D eigenvalue weighted by atomic mass is 9.83. The molecule has 1 aromatic carbocycles. The minimum absolute atomic E-state index is 0.0189. The molecule has 1 fully saturated rings. The number of nitrogens with zero attached hydrogens (tertiary/aromatic N) is 1. The monoisotopic (exact) mass is 371 g/mol. The molecule has 0 aliphatic carbocycles. The van der Waals surface area contributed by atoms with E-state index in [1.54, 1.807) is 24.3 Å². The molecule has 1 heterocycles. The molecule has 2 rings (SSSR count). The summed E-state index contributed by atoms with van der Waals surface area (Å²) in [6.45, 7) is 6.79. The summed E-state index contributed by atoms with van der Waals surface area (Å²) >= 11 is 0. The lowest BCUT2D eigenvalue weighted by Crippen LogP contribution is -2.45. The minimum Gasteiger partial charge on any atom is -0.508 e. The van der Waals surface area contributed by atoms with Crippen molar-refractivity contribution in [1.82, 2.24) is 0 Å². The highest BCUT2D eigenvalue weighted by molar-refractivity contribution is 5.99. The first-order valence-electron chi connectivity index (χ1n) is 9.40. The normalized spacial score (nSPS) is 18.1. The zero-order valence-corrected chi connectivity index (χ0v) is 16.3. The third-order valence-corrected chi connectivity index (χ3v) is 5.06. The van der Waals surface area contributed by atoms with Crippen molar-refractivity contribution >= 4 is 17.4 Å². The van der Waals surface area contributed by atoms with E-state index < -0.39 is 11.6 Å². The Labute approximate surface area is 160 Å². The Hall–Kier alpha value is -2.53. The second kappa shape index (κ2) is 8.91. The van der Waals surface area contributed by atoms with E-state index in [0.717, 1.165) is 5.57 Å². The molecule has 1 aromatic rings. The van der Waals surface area contributed by atoms with Gasteiger partial charge in [0.25, 0.3) is 0 Å². The second-order valence-corrected chi connectivity index (χ2v) is 6.77. The van der Waals surface area contributed by atoms with Crippen LogP contribution in [0.15, 0.2) is 48.1 Å². The maximum absolute atomic E-state index is 11.9. The molecule has 0 spiro atoms. The lowest BCUT2D eigenvalue weighted by molar-refractivity contribution is 0.0558. The van der Waals surface area contributed by atoms with Crippen LogP contribution in [0.5, 0.6) is 0 Å². The number of carbonyl (C=O) groups is 1. The molecule has 0 saturated carbocycles. The quantitative estimate of drug-likeness (QED) is 0.505. The Bertz CT molecular complexity index is 769. The van der Waals surface area contributed by atoms with E-state index in [1.807, 2.05) is 43.9 Å². The van der Waals surface area contributed by atoms with Crippen molar-refractivity contribution in [1.29, 1.82) is 0 Å². The number of allylic oxidation sites excluding steroid dienone is 3. The zero-order chi connectivity index (χ0) is 20.0. The van der Waals surface area contributed by atoms with Gasteiger partial charge in [-0.15, -0.1) is 0 Å². The fourth-order valence-electron chi connectivity index (χ4n) is 3.65. The van der Waals surface area contributed by atoms with Gasteiger partial charge in [-0.3, -0.25) is 0 Å². The van der Waals surface area contributed by atoms with Crippen LogP contribution in [0.3, 0.4) is 0 Å². The number of hydrogen-bond donors (Lipinski definition) is 3. The predicted octanol–water partition coefficient (Wildman–Crippen LogP) is 4.55. The van der Waals surface area contributed by atoms with E-state index in [-0.39, 0.29) is 11.3 Å². The van der Waals surface area contributed by atoms with Gasteiger partial charge >= 0.3 is 5.97 Å². The molecule has 5 heteroatoms. The van der Waals surface area contributed by atoms with Crippen molar-refractivity contribution in [3.63, 3.8) is 0 Å². The topological polar surface area (TPSA) is 81.0 Å². The number of piperidine rings is 1. The van der Waals surface area contributed by atoms with Crippen LogP contribution in [0.2, 0.25) is 0 Å². The van der Waals surface area contributed by atoms with Gasteiger partial charge in [0.15, 0.2) is 0 Å². The molecule has 1 saturated heterocycles. The summed E-state index contributed by atoms with van der Waals surface area (Å²) in [5.41, 5.74) is 0.991. The van der Waals surface area contributed by atoms with Gasteiger partial charge in [-0.1, -0.05) is 37.3 Å². The standard InChI is InChI=1S/C22H29NO4/c1-4-8-16(6-3)22(27)12-14-23(15-13-22)18-11-7-10-17(19(24)9-5-2)20(18)21(25)26/h4,6-11,24,27H,5,12-15H2,1-3H3,(H,25,26)/b8-4-,16-6+,19-9+. The molecule has 0 bridgehead atoms. The molecule has 0 atom stereocenters.